The van der Waals surface area contributed by atoms with E-state index >= 15 is 4.39 Å². The number of terminal acetylenes is 1. The van der Waals surface area contributed by atoms with Gasteiger partial charge in [0.1, 0.15) is 5.82 Å². The van der Waals surface area contributed by atoms with E-state index in [9.17, 15) is 9.59 Å². The van der Waals surface area contributed by atoms with Crippen molar-refractivity contribution in [3.63, 3.8) is 0 Å². The minimum Gasteiger partial charge on any atom is -0.449 e. The number of halogens is 1. The van der Waals surface area contributed by atoms with Crippen LogP contribution in [-0.4, -0.2) is 41.5 Å². The molecule has 0 radical (unpaired) electrons. The SMILES string of the molecule is C#Cc1c(N2C[C@@H]3CCCN[C@@H]3C2)c(F)cc2c(=O)c(OC(=O)O)cn(C3CC3)c12. The summed E-state index contributed by atoms with van der Waals surface area (Å²) in [7, 11) is 0. The Morgan fingerprint density at radius 2 is 2.13 bits per heavy atom. The molecule has 2 aromatic rings. The monoisotopic (exact) mass is 411 g/mol. The van der Waals surface area contributed by atoms with Crippen molar-refractivity contribution in [3.05, 3.63) is 33.9 Å². The summed E-state index contributed by atoms with van der Waals surface area (Å²) >= 11 is 0. The highest BCUT2D eigenvalue weighted by Gasteiger charge is 2.37. The molecule has 0 amide bonds. The van der Waals surface area contributed by atoms with Crippen LogP contribution in [0.15, 0.2) is 17.1 Å². The van der Waals surface area contributed by atoms with Gasteiger partial charge in [0.15, 0.2) is 5.75 Å². The largest absolute Gasteiger partial charge is 0.511 e. The van der Waals surface area contributed by atoms with Crippen molar-refractivity contribution in [2.45, 2.75) is 37.8 Å². The molecular weight excluding hydrogens is 389 g/mol. The Kier molecular flexibility index (Phi) is 4.44. The van der Waals surface area contributed by atoms with Gasteiger partial charge >= 0.3 is 6.16 Å². The van der Waals surface area contributed by atoms with E-state index in [1.807, 2.05) is 4.90 Å². The number of anilines is 1. The molecule has 3 heterocycles. The second-order valence-corrected chi connectivity index (χ2v) is 8.32. The van der Waals surface area contributed by atoms with Crippen molar-refractivity contribution in [1.82, 2.24) is 9.88 Å². The first-order valence-corrected chi connectivity index (χ1v) is 10.2. The van der Waals surface area contributed by atoms with Crippen LogP contribution in [0.4, 0.5) is 14.9 Å². The predicted octanol–water partition coefficient (Wildman–Crippen LogP) is 2.70. The first kappa shape index (κ1) is 18.9. The number of rotatable bonds is 3. The average Bonchev–Trinajstić information content (AvgIpc) is 3.47. The molecule has 30 heavy (non-hydrogen) atoms. The van der Waals surface area contributed by atoms with Crippen molar-refractivity contribution >= 4 is 22.7 Å². The third kappa shape index (κ3) is 3.01. The van der Waals surface area contributed by atoms with Gasteiger partial charge in [-0.25, -0.2) is 9.18 Å². The molecule has 2 saturated heterocycles. The molecule has 1 aromatic heterocycles. The van der Waals surface area contributed by atoms with Crippen LogP contribution in [0.5, 0.6) is 5.75 Å². The van der Waals surface area contributed by atoms with E-state index in [0.717, 1.165) is 32.2 Å². The number of piperidine rings is 1. The third-order valence-electron chi connectivity index (χ3n) is 6.41. The van der Waals surface area contributed by atoms with Gasteiger partial charge in [-0.2, -0.15) is 0 Å². The van der Waals surface area contributed by atoms with Gasteiger partial charge in [-0.1, -0.05) is 5.92 Å². The molecule has 156 valence electrons. The fourth-order valence-electron chi connectivity index (χ4n) is 4.94. The molecule has 0 spiro atoms. The molecule has 1 aromatic carbocycles. The number of nitrogens with one attached hydrogen (secondary N) is 1. The molecule has 0 bridgehead atoms. The van der Waals surface area contributed by atoms with Gasteiger partial charge in [-0.05, 0) is 44.2 Å². The van der Waals surface area contributed by atoms with Gasteiger partial charge in [0.05, 0.1) is 28.4 Å². The van der Waals surface area contributed by atoms with Gasteiger partial charge in [0, 0.05) is 25.2 Å². The molecule has 5 rings (SSSR count). The molecule has 1 aliphatic carbocycles. The Hall–Kier alpha value is -3.05. The zero-order valence-electron chi connectivity index (χ0n) is 16.4. The highest BCUT2D eigenvalue weighted by molar-refractivity contribution is 5.92. The topological polar surface area (TPSA) is 83.8 Å². The summed E-state index contributed by atoms with van der Waals surface area (Å²) in [6, 6.07) is 1.56. The highest BCUT2D eigenvalue weighted by atomic mass is 19.1. The maximum Gasteiger partial charge on any atom is 0.511 e. The number of fused-ring (bicyclic) bond motifs is 2. The van der Waals surface area contributed by atoms with Crippen LogP contribution in [0.1, 0.15) is 37.3 Å². The van der Waals surface area contributed by atoms with E-state index in [4.69, 9.17) is 11.5 Å². The lowest BCUT2D eigenvalue weighted by atomic mass is 9.94. The minimum atomic E-state index is -1.59. The van der Waals surface area contributed by atoms with Gasteiger partial charge < -0.3 is 24.6 Å². The number of carboxylic acid groups (broad SMARTS) is 1. The van der Waals surface area contributed by atoms with Crippen LogP contribution >= 0.6 is 0 Å². The van der Waals surface area contributed by atoms with Gasteiger partial charge in [-0.15, -0.1) is 6.42 Å². The first-order valence-electron chi connectivity index (χ1n) is 10.2. The van der Waals surface area contributed by atoms with Crippen molar-refractivity contribution in [2.24, 2.45) is 5.92 Å². The minimum absolute atomic E-state index is 0.0459. The Morgan fingerprint density at radius 1 is 1.33 bits per heavy atom. The predicted molar refractivity (Wildman–Crippen MR) is 110 cm³/mol. The maximum atomic E-state index is 15.4. The van der Waals surface area contributed by atoms with Crippen LogP contribution in [-0.2, 0) is 0 Å². The fraction of sp³-hybridized carbons (Fsp3) is 0.455. The zero-order valence-corrected chi connectivity index (χ0v) is 16.4. The van der Waals surface area contributed by atoms with Crippen molar-refractivity contribution in [3.8, 4) is 18.1 Å². The molecular formula is C22H22FN3O4. The van der Waals surface area contributed by atoms with Crippen LogP contribution < -0.4 is 20.4 Å². The number of nitrogens with zero attached hydrogens (tertiary/aromatic N) is 2. The van der Waals surface area contributed by atoms with Gasteiger partial charge in [0.2, 0.25) is 5.43 Å². The molecule has 1 saturated carbocycles. The Bertz CT molecular complexity index is 1130. The van der Waals surface area contributed by atoms with Gasteiger partial charge in [0.25, 0.3) is 0 Å². The fourth-order valence-corrected chi connectivity index (χ4v) is 4.94. The second kappa shape index (κ2) is 7.03. The Labute approximate surface area is 172 Å². The molecule has 0 unspecified atom stereocenters. The van der Waals surface area contributed by atoms with E-state index < -0.39 is 17.4 Å². The number of aromatic nitrogens is 1. The summed E-state index contributed by atoms with van der Waals surface area (Å²) in [6.45, 7) is 2.34. The summed E-state index contributed by atoms with van der Waals surface area (Å²) < 4.78 is 21.8. The van der Waals surface area contributed by atoms with E-state index in [2.05, 4.69) is 16.0 Å². The standard InChI is InChI=1S/C22H22FN3O4/c1-2-14-19-15(21(27)18(30-22(28)29)11-26(19)13-5-6-13)8-16(23)20(14)25-9-12-4-3-7-24-17(12)10-25/h1,8,11-13,17,24H,3-7,9-10H2,(H,28,29)/t12-,17+/m0/s1. The number of pyridine rings is 1. The zero-order chi connectivity index (χ0) is 21.0. The van der Waals surface area contributed by atoms with E-state index in [-0.39, 0.29) is 17.2 Å². The third-order valence-corrected chi connectivity index (χ3v) is 6.41. The smallest absolute Gasteiger partial charge is 0.449 e. The molecule has 7 nitrogen and oxygen atoms in total. The quantitative estimate of drug-likeness (QED) is 0.597. The number of hydrogen-bond acceptors (Lipinski definition) is 5. The van der Waals surface area contributed by atoms with Crippen molar-refractivity contribution in [2.75, 3.05) is 24.5 Å². The van der Waals surface area contributed by atoms with E-state index in [1.54, 1.807) is 4.57 Å². The second-order valence-electron chi connectivity index (χ2n) is 8.32. The molecule has 2 aliphatic heterocycles. The molecule has 3 fully saturated rings. The van der Waals surface area contributed by atoms with Crippen LogP contribution in [0, 0.1) is 24.1 Å². The molecule has 2 atom stereocenters. The molecule has 3 aliphatic rings. The van der Waals surface area contributed by atoms with E-state index in [0.29, 0.717) is 41.8 Å². The molecule has 2 N–H and O–H groups in total. The van der Waals surface area contributed by atoms with Crippen LogP contribution in [0.25, 0.3) is 10.9 Å². The lowest BCUT2D eigenvalue weighted by Gasteiger charge is -2.24. The highest BCUT2D eigenvalue weighted by Crippen LogP contribution is 2.41. The van der Waals surface area contributed by atoms with Crippen molar-refractivity contribution < 1.29 is 19.0 Å². The number of hydrogen-bond donors (Lipinski definition) is 2. The lowest BCUT2D eigenvalue weighted by molar-refractivity contribution is 0.143. The summed E-state index contributed by atoms with van der Waals surface area (Å²) in [5, 5.41) is 12.5. The maximum absolute atomic E-state index is 15.4. The normalized spacial score (nSPS) is 23.3. The number of ether oxygens (including phenoxy) is 1. The number of carbonyl (C=O) groups is 1. The van der Waals surface area contributed by atoms with Gasteiger partial charge in [-0.3, -0.25) is 4.79 Å². The van der Waals surface area contributed by atoms with Crippen molar-refractivity contribution in [1.29, 1.82) is 0 Å². The first-order chi connectivity index (χ1) is 14.5. The Balaban J connectivity index is 1.71. The van der Waals surface area contributed by atoms with Crippen LogP contribution in [0.2, 0.25) is 0 Å². The summed E-state index contributed by atoms with van der Waals surface area (Å²) in [5.74, 6) is 2.16. The summed E-state index contributed by atoms with van der Waals surface area (Å²) in [6.07, 6.45) is 9.61. The summed E-state index contributed by atoms with van der Waals surface area (Å²) in [5.41, 5.74) is 0.487. The average molecular weight is 411 g/mol. The summed E-state index contributed by atoms with van der Waals surface area (Å²) in [4.78, 5) is 25.8. The molecule has 8 heteroatoms. The van der Waals surface area contributed by atoms with Crippen LogP contribution in [0.3, 0.4) is 0 Å². The lowest BCUT2D eigenvalue weighted by Crippen LogP contribution is -2.40. The van der Waals surface area contributed by atoms with E-state index in [1.165, 1.54) is 12.3 Å². The Morgan fingerprint density at radius 3 is 2.80 bits per heavy atom. The number of benzene rings is 1.